The lowest BCUT2D eigenvalue weighted by Gasteiger charge is -2.09. The van der Waals surface area contributed by atoms with Gasteiger partial charge in [-0.2, -0.15) is 10.2 Å². The van der Waals surface area contributed by atoms with Gasteiger partial charge >= 0.3 is 0 Å². The summed E-state index contributed by atoms with van der Waals surface area (Å²) >= 11 is 0. The number of nitrogens with one attached hydrogen (secondary N) is 1. The van der Waals surface area contributed by atoms with E-state index in [0.29, 0.717) is 16.5 Å². The number of aryl methyl sites for hydroxylation is 1. The molecule has 29 heavy (non-hydrogen) atoms. The molecular formula is C20H18N4O4S. The SMILES string of the molecule is COc1ccc(S(=O)(=O)c2ccc3c(=O)n(Cc4[nH]ncc4C)ncc3c2)cc1. The molecule has 0 bridgehead atoms. The van der Waals surface area contributed by atoms with Gasteiger partial charge in [0.05, 0.1) is 46.9 Å². The molecule has 2 aromatic heterocycles. The van der Waals surface area contributed by atoms with Gasteiger partial charge < -0.3 is 4.74 Å². The Hall–Kier alpha value is -3.46. The highest BCUT2D eigenvalue weighted by Gasteiger charge is 2.19. The van der Waals surface area contributed by atoms with Crippen LogP contribution >= 0.6 is 0 Å². The van der Waals surface area contributed by atoms with Gasteiger partial charge in [-0.3, -0.25) is 9.89 Å². The third-order valence-corrected chi connectivity index (χ3v) is 6.51. The number of methoxy groups -OCH3 is 1. The predicted octanol–water partition coefficient (Wildman–Crippen LogP) is 2.32. The van der Waals surface area contributed by atoms with Gasteiger partial charge in [-0.1, -0.05) is 0 Å². The van der Waals surface area contributed by atoms with E-state index in [9.17, 15) is 13.2 Å². The Morgan fingerprint density at radius 3 is 2.45 bits per heavy atom. The summed E-state index contributed by atoms with van der Waals surface area (Å²) in [6, 6.07) is 10.6. The first kappa shape index (κ1) is 18.9. The zero-order chi connectivity index (χ0) is 20.6. The Labute approximate surface area is 166 Å². The summed E-state index contributed by atoms with van der Waals surface area (Å²) in [7, 11) is -2.22. The van der Waals surface area contributed by atoms with Crippen LogP contribution in [-0.2, 0) is 16.4 Å². The molecule has 1 N–H and O–H groups in total. The number of rotatable bonds is 5. The van der Waals surface area contributed by atoms with E-state index in [1.807, 2.05) is 6.92 Å². The molecule has 148 valence electrons. The molecule has 0 fully saturated rings. The van der Waals surface area contributed by atoms with Crippen molar-refractivity contribution in [2.45, 2.75) is 23.3 Å². The lowest BCUT2D eigenvalue weighted by atomic mass is 10.2. The number of sulfone groups is 1. The summed E-state index contributed by atoms with van der Waals surface area (Å²) in [5, 5.41) is 11.8. The summed E-state index contributed by atoms with van der Waals surface area (Å²) in [5.74, 6) is 0.569. The molecule has 0 saturated carbocycles. The molecule has 0 atom stereocenters. The third kappa shape index (κ3) is 3.40. The second-order valence-electron chi connectivity index (χ2n) is 6.57. The van der Waals surface area contributed by atoms with Crippen LogP contribution in [0.4, 0.5) is 0 Å². The van der Waals surface area contributed by atoms with E-state index in [0.717, 1.165) is 11.3 Å². The van der Waals surface area contributed by atoms with Gasteiger partial charge in [-0.25, -0.2) is 13.1 Å². The Morgan fingerprint density at radius 2 is 1.79 bits per heavy atom. The van der Waals surface area contributed by atoms with Crippen molar-refractivity contribution in [3.63, 3.8) is 0 Å². The largest absolute Gasteiger partial charge is 0.497 e. The van der Waals surface area contributed by atoms with Crippen molar-refractivity contribution in [2.75, 3.05) is 7.11 Å². The average Bonchev–Trinajstić information content (AvgIpc) is 3.14. The third-order valence-electron chi connectivity index (χ3n) is 4.75. The molecule has 4 aromatic rings. The van der Waals surface area contributed by atoms with E-state index in [2.05, 4.69) is 15.3 Å². The van der Waals surface area contributed by atoms with Crippen molar-refractivity contribution in [3.8, 4) is 5.75 Å². The quantitative estimate of drug-likeness (QED) is 0.541. The number of aromatic amines is 1. The lowest BCUT2D eigenvalue weighted by molar-refractivity contribution is 0.414. The second-order valence-corrected chi connectivity index (χ2v) is 8.52. The smallest absolute Gasteiger partial charge is 0.274 e. The van der Waals surface area contributed by atoms with Gasteiger partial charge in [-0.05, 0) is 55.0 Å². The molecule has 0 amide bonds. The number of fused-ring (bicyclic) bond motifs is 1. The number of H-pyrrole nitrogens is 1. The molecule has 2 aromatic carbocycles. The van der Waals surface area contributed by atoms with Gasteiger partial charge in [0.1, 0.15) is 5.75 Å². The van der Waals surface area contributed by atoms with Crippen molar-refractivity contribution >= 4 is 20.6 Å². The second kappa shape index (κ2) is 7.17. The number of ether oxygens (including phenoxy) is 1. The van der Waals surface area contributed by atoms with E-state index < -0.39 is 9.84 Å². The maximum Gasteiger partial charge on any atom is 0.274 e. The first-order valence-corrected chi connectivity index (χ1v) is 10.3. The van der Waals surface area contributed by atoms with Crippen LogP contribution < -0.4 is 10.3 Å². The number of nitrogens with zero attached hydrogens (tertiary/aromatic N) is 3. The van der Waals surface area contributed by atoms with Crippen LogP contribution in [0.1, 0.15) is 11.3 Å². The lowest BCUT2D eigenvalue weighted by Crippen LogP contribution is -2.23. The Balaban J connectivity index is 1.73. The summed E-state index contributed by atoms with van der Waals surface area (Å²) < 4.78 is 32.2. The zero-order valence-electron chi connectivity index (χ0n) is 15.8. The fraction of sp³-hybridized carbons (Fsp3) is 0.150. The number of benzene rings is 2. The molecular weight excluding hydrogens is 392 g/mol. The molecule has 9 heteroatoms. The van der Waals surface area contributed by atoms with Crippen LogP contribution in [0.2, 0.25) is 0 Å². The standard InChI is InChI=1S/C20H18N4O4S/c1-13-10-21-23-19(13)12-24-20(25)18-8-7-17(9-14(18)11-22-24)29(26,27)16-5-3-15(28-2)4-6-16/h3-11H,12H2,1-2H3,(H,21,23). The van der Waals surface area contributed by atoms with Gasteiger partial charge in [0, 0.05) is 5.39 Å². The normalized spacial score (nSPS) is 11.7. The highest BCUT2D eigenvalue weighted by molar-refractivity contribution is 7.91. The van der Waals surface area contributed by atoms with E-state index >= 15 is 0 Å². The van der Waals surface area contributed by atoms with Gasteiger partial charge in [0.15, 0.2) is 0 Å². The fourth-order valence-electron chi connectivity index (χ4n) is 3.02. The van der Waals surface area contributed by atoms with Crippen molar-refractivity contribution in [1.29, 1.82) is 0 Å². The molecule has 2 heterocycles. The fourth-order valence-corrected chi connectivity index (χ4v) is 4.32. The Kier molecular flexibility index (Phi) is 4.67. The van der Waals surface area contributed by atoms with Gasteiger partial charge in [0.2, 0.25) is 9.84 Å². The van der Waals surface area contributed by atoms with Crippen LogP contribution in [0, 0.1) is 6.92 Å². The molecule has 0 saturated heterocycles. The maximum atomic E-state index is 12.9. The summed E-state index contributed by atoms with van der Waals surface area (Å²) in [6.07, 6.45) is 3.17. The average molecular weight is 410 g/mol. The Morgan fingerprint density at radius 1 is 1.07 bits per heavy atom. The minimum Gasteiger partial charge on any atom is -0.497 e. The summed E-state index contributed by atoms with van der Waals surface area (Å²) in [4.78, 5) is 13.0. The van der Waals surface area contributed by atoms with Crippen LogP contribution in [0.3, 0.4) is 0 Å². The molecule has 0 radical (unpaired) electrons. The van der Waals surface area contributed by atoms with Crippen LogP contribution in [0.15, 0.2) is 69.4 Å². The predicted molar refractivity (Wildman–Crippen MR) is 107 cm³/mol. The molecule has 0 unspecified atom stereocenters. The highest BCUT2D eigenvalue weighted by atomic mass is 32.2. The highest BCUT2D eigenvalue weighted by Crippen LogP contribution is 2.25. The van der Waals surface area contributed by atoms with Crippen molar-refractivity contribution in [1.82, 2.24) is 20.0 Å². The van der Waals surface area contributed by atoms with Crippen molar-refractivity contribution in [3.05, 3.63) is 76.5 Å². The van der Waals surface area contributed by atoms with E-state index in [1.54, 1.807) is 18.3 Å². The minimum atomic E-state index is -3.73. The first-order chi connectivity index (χ1) is 13.9. The number of hydrogen-bond donors (Lipinski definition) is 1. The number of aromatic nitrogens is 4. The molecule has 0 aliphatic rings. The summed E-state index contributed by atoms with van der Waals surface area (Å²) in [5.41, 5.74) is 1.42. The van der Waals surface area contributed by atoms with E-state index in [4.69, 9.17) is 4.74 Å². The topological polar surface area (TPSA) is 107 Å². The van der Waals surface area contributed by atoms with E-state index in [-0.39, 0.29) is 21.9 Å². The molecule has 0 aliphatic heterocycles. The first-order valence-electron chi connectivity index (χ1n) is 8.78. The molecule has 0 spiro atoms. The monoisotopic (exact) mass is 410 g/mol. The minimum absolute atomic E-state index is 0.0959. The molecule has 4 rings (SSSR count). The molecule has 8 nitrogen and oxygen atoms in total. The van der Waals surface area contributed by atoms with Crippen LogP contribution in [0.25, 0.3) is 10.8 Å². The van der Waals surface area contributed by atoms with Gasteiger partial charge in [0.25, 0.3) is 5.56 Å². The zero-order valence-corrected chi connectivity index (χ0v) is 16.6. The Bertz CT molecular complexity index is 1360. The van der Waals surface area contributed by atoms with Gasteiger partial charge in [-0.15, -0.1) is 0 Å². The van der Waals surface area contributed by atoms with E-state index in [1.165, 1.54) is 48.3 Å². The van der Waals surface area contributed by atoms with Crippen LogP contribution in [-0.4, -0.2) is 35.5 Å². The number of hydrogen-bond acceptors (Lipinski definition) is 6. The molecule has 0 aliphatic carbocycles. The van der Waals surface area contributed by atoms with Crippen LogP contribution in [0.5, 0.6) is 5.75 Å². The van der Waals surface area contributed by atoms with Crippen molar-refractivity contribution in [2.24, 2.45) is 0 Å². The maximum absolute atomic E-state index is 12.9. The summed E-state index contributed by atoms with van der Waals surface area (Å²) in [6.45, 7) is 2.15. The van der Waals surface area contributed by atoms with Crippen molar-refractivity contribution < 1.29 is 13.2 Å².